The van der Waals surface area contributed by atoms with Gasteiger partial charge in [-0.25, -0.2) is 0 Å². The Bertz CT molecular complexity index is 813. The van der Waals surface area contributed by atoms with E-state index < -0.39 is 0 Å². The fourth-order valence-electron chi connectivity index (χ4n) is 2.63. The first-order chi connectivity index (χ1) is 13.2. The molecule has 27 heavy (non-hydrogen) atoms. The highest BCUT2D eigenvalue weighted by Gasteiger charge is 2.01. The largest absolute Gasteiger partial charge is 0.494 e. The smallest absolute Gasteiger partial charge is 0.127 e. The summed E-state index contributed by atoms with van der Waals surface area (Å²) in [6, 6.07) is 26.1. The minimum Gasteiger partial charge on any atom is -0.494 e. The molecule has 0 aliphatic rings. The predicted molar refractivity (Wildman–Crippen MR) is 112 cm³/mol. The minimum absolute atomic E-state index is 0.656. The monoisotopic (exact) mass is 361 g/mol. The van der Waals surface area contributed by atoms with Crippen LogP contribution in [0.4, 0.5) is 5.69 Å². The van der Waals surface area contributed by atoms with Gasteiger partial charge in [0, 0.05) is 12.2 Å². The van der Waals surface area contributed by atoms with Crippen LogP contribution in [0.15, 0.2) is 78.9 Å². The highest BCUT2D eigenvalue weighted by atomic mass is 16.5. The van der Waals surface area contributed by atoms with Crippen LogP contribution in [0.5, 0.6) is 17.2 Å². The van der Waals surface area contributed by atoms with Crippen molar-refractivity contribution in [1.82, 2.24) is 0 Å². The molecule has 3 aromatic rings. The number of benzene rings is 3. The lowest BCUT2D eigenvalue weighted by atomic mass is 10.1. The topological polar surface area (TPSA) is 30.5 Å². The lowest BCUT2D eigenvalue weighted by molar-refractivity contribution is 0.289. The molecule has 0 aromatic heterocycles. The van der Waals surface area contributed by atoms with Gasteiger partial charge in [0.25, 0.3) is 0 Å². The minimum atomic E-state index is 0.656. The maximum Gasteiger partial charge on any atom is 0.127 e. The van der Waals surface area contributed by atoms with Crippen LogP contribution in [0.25, 0.3) is 0 Å². The van der Waals surface area contributed by atoms with E-state index in [1.165, 1.54) is 5.56 Å². The zero-order valence-corrected chi connectivity index (χ0v) is 16.0. The van der Waals surface area contributed by atoms with E-state index in [0.717, 1.165) is 42.5 Å². The molecule has 0 spiro atoms. The average molecular weight is 361 g/mol. The molecule has 3 heteroatoms. The van der Waals surface area contributed by atoms with Gasteiger partial charge in [-0.15, -0.1) is 0 Å². The van der Waals surface area contributed by atoms with Crippen molar-refractivity contribution in [3.05, 3.63) is 84.4 Å². The van der Waals surface area contributed by atoms with Gasteiger partial charge in [-0.2, -0.15) is 0 Å². The van der Waals surface area contributed by atoms with E-state index in [2.05, 4.69) is 31.3 Å². The average Bonchev–Trinajstić information content (AvgIpc) is 2.68. The first kappa shape index (κ1) is 18.8. The molecule has 0 atom stereocenters. The summed E-state index contributed by atoms with van der Waals surface area (Å²) in [4.78, 5) is 0. The molecule has 140 valence electrons. The Balaban J connectivity index is 1.51. The van der Waals surface area contributed by atoms with Crippen LogP contribution in [-0.4, -0.2) is 6.61 Å². The Morgan fingerprint density at radius 1 is 0.778 bits per heavy atom. The van der Waals surface area contributed by atoms with Gasteiger partial charge < -0.3 is 14.8 Å². The molecular formula is C24H27NO2. The number of hydrogen-bond acceptors (Lipinski definition) is 3. The number of nitrogens with one attached hydrogen (secondary N) is 1. The summed E-state index contributed by atoms with van der Waals surface area (Å²) < 4.78 is 11.7. The molecular weight excluding hydrogens is 334 g/mol. The third-order valence-corrected chi connectivity index (χ3v) is 4.19. The van der Waals surface area contributed by atoms with E-state index in [1.807, 2.05) is 66.7 Å². The van der Waals surface area contributed by atoms with E-state index in [-0.39, 0.29) is 0 Å². The van der Waals surface area contributed by atoms with Gasteiger partial charge in [-0.3, -0.25) is 0 Å². The van der Waals surface area contributed by atoms with E-state index in [1.54, 1.807) is 0 Å². The van der Waals surface area contributed by atoms with Crippen LogP contribution >= 0.6 is 0 Å². The van der Waals surface area contributed by atoms with Crippen LogP contribution in [-0.2, 0) is 6.54 Å². The lowest BCUT2D eigenvalue weighted by Crippen LogP contribution is -2.03. The zero-order valence-electron chi connectivity index (χ0n) is 16.0. The molecule has 0 aliphatic heterocycles. The fraction of sp³-hybridized carbons (Fsp3) is 0.250. The summed E-state index contributed by atoms with van der Waals surface area (Å²) in [6.45, 7) is 5.93. The first-order valence-electron chi connectivity index (χ1n) is 9.47. The molecule has 0 radical (unpaired) electrons. The highest BCUT2D eigenvalue weighted by Crippen LogP contribution is 2.23. The molecule has 0 saturated carbocycles. The zero-order chi connectivity index (χ0) is 18.9. The van der Waals surface area contributed by atoms with Crippen molar-refractivity contribution in [2.24, 2.45) is 5.92 Å². The van der Waals surface area contributed by atoms with E-state index in [0.29, 0.717) is 5.92 Å². The molecule has 0 fully saturated rings. The summed E-state index contributed by atoms with van der Waals surface area (Å²) in [5.41, 5.74) is 2.25. The summed E-state index contributed by atoms with van der Waals surface area (Å²) in [7, 11) is 0. The predicted octanol–water partition coefficient (Wildman–Crippen LogP) is 6.52. The number of ether oxygens (including phenoxy) is 2. The number of para-hydroxylation sites is 1. The van der Waals surface area contributed by atoms with Crippen molar-refractivity contribution in [1.29, 1.82) is 0 Å². The Morgan fingerprint density at radius 2 is 1.48 bits per heavy atom. The molecule has 0 unspecified atom stereocenters. The van der Waals surface area contributed by atoms with Crippen LogP contribution in [0.1, 0.15) is 25.8 Å². The molecule has 1 N–H and O–H groups in total. The summed E-state index contributed by atoms with van der Waals surface area (Å²) in [5, 5.41) is 3.44. The van der Waals surface area contributed by atoms with Gasteiger partial charge in [0.1, 0.15) is 17.2 Å². The quantitative estimate of drug-likeness (QED) is 0.471. The van der Waals surface area contributed by atoms with Gasteiger partial charge in [0.15, 0.2) is 0 Å². The second-order valence-electron chi connectivity index (χ2n) is 6.97. The molecule has 0 saturated heterocycles. The third kappa shape index (κ3) is 6.37. The standard InChI is InChI=1S/C24H27NO2/c1-19(2)15-16-26-24-10-6-7-20(17-24)18-25-21-11-13-23(14-12-21)27-22-8-4-3-5-9-22/h3-14,17,19,25H,15-16,18H2,1-2H3. The summed E-state index contributed by atoms with van der Waals surface area (Å²) in [5.74, 6) is 3.25. The summed E-state index contributed by atoms with van der Waals surface area (Å²) >= 11 is 0. The molecule has 3 nitrogen and oxygen atoms in total. The number of anilines is 1. The Kier molecular flexibility index (Phi) is 6.75. The van der Waals surface area contributed by atoms with Gasteiger partial charge in [0.2, 0.25) is 0 Å². The first-order valence-corrected chi connectivity index (χ1v) is 9.47. The van der Waals surface area contributed by atoms with Crippen LogP contribution < -0.4 is 14.8 Å². The van der Waals surface area contributed by atoms with Crippen molar-refractivity contribution < 1.29 is 9.47 Å². The third-order valence-electron chi connectivity index (χ3n) is 4.19. The lowest BCUT2D eigenvalue weighted by Gasteiger charge is -2.11. The van der Waals surface area contributed by atoms with Crippen molar-refractivity contribution in [3.63, 3.8) is 0 Å². The number of hydrogen-bond donors (Lipinski definition) is 1. The van der Waals surface area contributed by atoms with Crippen molar-refractivity contribution in [3.8, 4) is 17.2 Å². The summed E-state index contributed by atoms with van der Waals surface area (Å²) in [6.07, 6.45) is 1.07. The Morgan fingerprint density at radius 3 is 2.22 bits per heavy atom. The van der Waals surface area contributed by atoms with Gasteiger partial charge in [0.05, 0.1) is 6.61 Å². The van der Waals surface area contributed by atoms with Gasteiger partial charge in [-0.1, -0.05) is 44.2 Å². The Hall–Kier alpha value is -2.94. The van der Waals surface area contributed by atoms with Crippen LogP contribution in [0.3, 0.4) is 0 Å². The molecule has 0 aliphatic carbocycles. The van der Waals surface area contributed by atoms with Gasteiger partial charge in [-0.05, 0) is 66.4 Å². The van der Waals surface area contributed by atoms with E-state index >= 15 is 0 Å². The second kappa shape index (κ2) is 9.67. The van der Waals surface area contributed by atoms with E-state index in [4.69, 9.17) is 9.47 Å². The van der Waals surface area contributed by atoms with Crippen molar-refractivity contribution in [2.45, 2.75) is 26.8 Å². The molecule has 0 heterocycles. The normalized spacial score (nSPS) is 10.6. The maximum absolute atomic E-state index is 5.84. The van der Waals surface area contributed by atoms with Crippen molar-refractivity contribution >= 4 is 5.69 Å². The fourth-order valence-corrected chi connectivity index (χ4v) is 2.63. The second-order valence-corrected chi connectivity index (χ2v) is 6.97. The number of rotatable bonds is 9. The van der Waals surface area contributed by atoms with Crippen molar-refractivity contribution in [2.75, 3.05) is 11.9 Å². The SMILES string of the molecule is CC(C)CCOc1cccc(CNc2ccc(Oc3ccccc3)cc2)c1. The maximum atomic E-state index is 5.84. The van der Waals surface area contributed by atoms with E-state index in [9.17, 15) is 0 Å². The van der Waals surface area contributed by atoms with Crippen LogP contribution in [0.2, 0.25) is 0 Å². The molecule has 3 aromatic carbocycles. The molecule has 0 bridgehead atoms. The van der Waals surface area contributed by atoms with Gasteiger partial charge >= 0.3 is 0 Å². The Labute approximate surface area is 162 Å². The molecule has 3 rings (SSSR count). The van der Waals surface area contributed by atoms with Crippen LogP contribution in [0, 0.1) is 5.92 Å². The molecule has 0 amide bonds. The highest BCUT2D eigenvalue weighted by molar-refractivity contribution is 5.48.